The van der Waals surface area contributed by atoms with Crippen molar-refractivity contribution < 1.29 is 14.3 Å². The van der Waals surface area contributed by atoms with E-state index in [4.69, 9.17) is 9.47 Å². The second kappa shape index (κ2) is 5.31. The van der Waals surface area contributed by atoms with Gasteiger partial charge in [0.25, 0.3) is 0 Å². The van der Waals surface area contributed by atoms with Crippen LogP contribution in [-0.2, 0) is 0 Å². The lowest BCUT2D eigenvalue weighted by Gasteiger charge is -2.45. The Bertz CT molecular complexity index is 556. The maximum absolute atomic E-state index is 12.5. The summed E-state index contributed by atoms with van der Waals surface area (Å²) in [6.45, 7) is 7.93. The van der Waals surface area contributed by atoms with E-state index in [2.05, 4.69) is 30.7 Å². The number of rotatable bonds is 3. The number of hydrogen-bond donors (Lipinski definition) is 0. The van der Waals surface area contributed by atoms with Crippen molar-refractivity contribution >= 4 is 5.78 Å². The number of piperazine rings is 1. The average molecular weight is 290 g/mol. The second-order valence-electron chi connectivity index (χ2n) is 6.44. The summed E-state index contributed by atoms with van der Waals surface area (Å²) in [6, 6.07) is 5.41. The quantitative estimate of drug-likeness (QED) is 0.791. The molecular weight excluding hydrogens is 268 g/mol. The first-order valence-electron chi connectivity index (χ1n) is 7.32. The first-order chi connectivity index (χ1) is 9.95. The van der Waals surface area contributed by atoms with Gasteiger partial charge in [0.05, 0.1) is 6.54 Å². The van der Waals surface area contributed by atoms with Crippen LogP contribution in [0.25, 0.3) is 0 Å². The fourth-order valence-corrected chi connectivity index (χ4v) is 2.84. The molecule has 0 saturated carbocycles. The van der Waals surface area contributed by atoms with Crippen LogP contribution in [0.5, 0.6) is 11.5 Å². The van der Waals surface area contributed by atoms with Gasteiger partial charge in [-0.05, 0) is 39.1 Å². The average Bonchev–Trinajstić information content (AvgIpc) is 2.89. The molecule has 1 aromatic carbocycles. The van der Waals surface area contributed by atoms with Crippen LogP contribution in [0.4, 0.5) is 0 Å². The normalized spacial score (nSPS) is 21.5. The Labute approximate surface area is 125 Å². The minimum Gasteiger partial charge on any atom is -0.454 e. The van der Waals surface area contributed by atoms with E-state index < -0.39 is 0 Å². The third kappa shape index (κ3) is 2.89. The minimum absolute atomic E-state index is 0.105. The number of carbonyl (C=O) groups is 1. The Morgan fingerprint density at radius 3 is 2.76 bits per heavy atom. The van der Waals surface area contributed by atoms with Crippen LogP contribution >= 0.6 is 0 Å². The van der Waals surface area contributed by atoms with E-state index in [1.807, 2.05) is 12.1 Å². The zero-order valence-corrected chi connectivity index (χ0v) is 12.9. The Balaban J connectivity index is 1.67. The van der Waals surface area contributed by atoms with E-state index in [0.717, 1.165) is 19.6 Å². The van der Waals surface area contributed by atoms with Gasteiger partial charge in [0, 0.05) is 30.7 Å². The predicted molar refractivity (Wildman–Crippen MR) is 80.0 cm³/mol. The highest BCUT2D eigenvalue weighted by Crippen LogP contribution is 2.32. The van der Waals surface area contributed by atoms with E-state index in [0.29, 0.717) is 23.6 Å². The Morgan fingerprint density at radius 1 is 1.24 bits per heavy atom. The highest BCUT2D eigenvalue weighted by molar-refractivity contribution is 5.98. The van der Waals surface area contributed by atoms with Gasteiger partial charge in [-0.1, -0.05) is 0 Å². The summed E-state index contributed by atoms with van der Waals surface area (Å²) in [5.74, 6) is 1.51. The lowest BCUT2D eigenvalue weighted by molar-refractivity contribution is 0.0389. The van der Waals surface area contributed by atoms with E-state index in [-0.39, 0.29) is 18.1 Å². The van der Waals surface area contributed by atoms with E-state index in [1.165, 1.54) is 0 Å². The van der Waals surface area contributed by atoms with Gasteiger partial charge in [0.15, 0.2) is 17.3 Å². The molecule has 114 valence electrons. The molecule has 1 aromatic rings. The Hall–Kier alpha value is -1.59. The van der Waals surface area contributed by atoms with Crippen molar-refractivity contribution in [3.63, 3.8) is 0 Å². The highest BCUT2D eigenvalue weighted by Gasteiger charge is 2.31. The van der Waals surface area contributed by atoms with Crippen molar-refractivity contribution in [2.24, 2.45) is 0 Å². The molecule has 3 rings (SSSR count). The molecule has 5 nitrogen and oxygen atoms in total. The first kappa shape index (κ1) is 14.4. The van der Waals surface area contributed by atoms with Gasteiger partial charge in [-0.2, -0.15) is 0 Å². The molecule has 0 bridgehead atoms. The summed E-state index contributed by atoms with van der Waals surface area (Å²) < 4.78 is 10.6. The second-order valence-corrected chi connectivity index (χ2v) is 6.44. The molecule has 0 radical (unpaired) electrons. The number of likely N-dealkylation sites (N-methyl/N-ethyl adjacent to an activating group) is 1. The molecule has 0 aliphatic carbocycles. The molecule has 0 aromatic heterocycles. The van der Waals surface area contributed by atoms with Crippen molar-refractivity contribution in [3.05, 3.63) is 23.8 Å². The fraction of sp³-hybridized carbons (Fsp3) is 0.562. The van der Waals surface area contributed by atoms with Gasteiger partial charge in [0.2, 0.25) is 6.79 Å². The molecule has 2 heterocycles. The van der Waals surface area contributed by atoms with Gasteiger partial charge < -0.3 is 9.47 Å². The minimum atomic E-state index is 0.105. The maximum Gasteiger partial charge on any atom is 0.231 e. The van der Waals surface area contributed by atoms with Crippen LogP contribution in [-0.4, -0.2) is 61.1 Å². The number of fused-ring (bicyclic) bond motifs is 1. The van der Waals surface area contributed by atoms with Crippen molar-refractivity contribution in [2.75, 3.05) is 40.0 Å². The standard InChI is InChI=1S/C16H22N2O3/c1-16(2)10-18(7-6-17(16)3)9-13(19)12-4-5-14-15(8-12)21-11-20-14/h4-5,8H,6-7,9-11H2,1-3H3. The third-order valence-corrected chi connectivity index (χ3v) is 4.46. The lowest BCUT2D eigenvalue weighted by atomic mass is 9.99. The molecule has 0 atom stereocenters. The van der Waals surface area contributed by atoms with E-state index in [9.17, 15) is 4.79 Å². The first-order valence-corrected chi connectivity index (χ1v) is 7.32. The summed E-state index contributed by atoms with van der Waals surface area (Å²) in [5.41, 5.74) is 0.795. The Kier molecular flexibility index (Phi) is 3.63. The summed E-state index contributed by atoms with van der Waals surface area (Å²) >= 11 is 0. The molecule has 1 saturated heterocycles. The summed E-state index contributed by atoms with van der Waals surface area (Å²) in [4.78, 5) is 17.0. The van der Waals surface area contributed by atoms with Gasteiger partial charge >= 0.3 is 0 Å². The molecular formula is C16H22N2O3. The number of ether oxygens (including phenoxy) is 2. The molecule has 2 aliphatic rings. The van der Waals surface area contributed by atoms with Crippen LogP contribution in [0.2, 0.25) is 0 Å². The summed E-state index contributed by atoms with van der Waals surface area (Å²) in [5, 5.41) is 0. The maximum atomic E-state index is 12.5. The zero-order chi connectivity index (χ0) is 15.0. The molecule has 0 N–H and O–H groups in total. The molecule has 5 heteroatoms. The number of ketones is 1. The number of benzene rings is 1. The van der Waals surface area contributed by atoms with Crippen LogP contribution in [0.15, 0.2) is 18.2 Å². The summed E-state index contributed by atoms with van der Waals surface area (Å²) in [6.07, 6.45) is 0. The number of hydrogen-bond acceptors (Lipinski definition) is 5. The molecule has 0 spiro atoms. The van der Waals surface area contributed by atoms with Gasteiger partial charge in [-0.3, -0.25) is 14.6 Å². The van der Waals surface area contributed by atoms with Crippen molar-refractivity contribution in [1.29, 1.82) is 0 Å². The molecule has 0 amide bonds. The van der Waals surface area contributed by atoms with Crippen LogP contribution in [0.3, 0.4) is 0 Å². The van der Waals surface area contributed by atoms with E-state index >= 15 is 0 Å². The topological polar surface area (TPSA) is 42.0 Å². The monoisotopic (exact) mass is 290 g/mol. The van der Waals surface area contributed by atoms with Crippen LogP contribution in [0.1, 0.15) is 24.2 Å². The zero-order valence-electron chi connectivity index (χ0n) is 12.9. The molecule has 2 aliphatic heterocycles. The lowest BCUT2D eigenvalue weighted by Crippen LogP contribution is -2.58. The molecule has 21 heavy (non-hydrogen) atoms. The molecule has 0 unspecified atom stereocenters. The number of Topliss-reactive ketones (excluding diaryl/α,β-unsaturated/α-hetero) is 1. The smallest absolute Gasteiger partial charge is 0.231 e. The van der Waals surface area contributed by atoms with Crippen LogP contribution in [0, 0.1) is 0 Å². The Morgan fingerprint density at radius 2 is 2.00 bits per heavy atom. The fourth-order valence-electron chi connectivity index (χ4n) is 2.84. The van der Waals surface area contributed by atoms with Gasteiger partial charge in [-0.25, -0.2) is 0 Å². The highest BCUT2D eigenvalue weighted by atomic mass is 16.7. The van der Waals surface area contributed by atoms with Gasteiger partial charge in [0.1, 0.15) is 0 Å². The third-order valence-electron chi connectivity index (χ3n) is 4.46. The van der Waals surface area contributed by atoms with Gasteiger partial charge in [-0.15, -0.1) is 0 Å². The largest absolute Gasteiger partial charge is 0.454 e. The number of nitrogens with zero attached hydrogens (tertiary/aromatic N) is 2. The SMILES string of the molecule is CN1CCN(CC(=O)c2ccc3c(c2)OCO3)CC1(C)C. The van der Waals surface area contributed by atoms with E-state index in [1.54, 1.807) is 6.07 Å². The van der Waals surface area contributed by atoms with Crippen molar-refractivity contribution in [3.8, 4) is 11.5 Å². The molecule has 1 fully saturated rings. The summed E-state index contributed by atoms with van der Waals surface area (Å²) in [7, 11) is 2.14. The number of carbonyl (C=O) groups excluding carboxylic acids is 1. The van der Waals surface area contributed by atoms with Crippen molar-refractivity contribution in [1.82, 2.24) is 9.80 Å². The van der Waals surface area contributed by atoms with Crippen molar-refractivity contribution in [2.45, 2.75) is 19.4 Å². The van der Waals surface area contributed by atoms with Crippen LogP contribution < -0.4 is 9.47 Å². The predicted octanol–water partition coefficient (Wildman–Crippen LogP) is 1.62.